The van der Waals surface area contributed by atoms with Gasteiger partial charge in [-0.3, -0.25) is 0 Å². The second-order valence-electron chi connectivity index (χ2n) is 4.78. The highest BCUT2D eigenvalue weighted by Gasteiger charge is 2.50. The average Bonchev–Trinajstić information content (AvgIpc) is 2.48. The molecule has 1 aromatic heterocycles. The SMILES string of the molecule is COc1cc(C2(O)CC(C)(C)C2)sn1. The first-order chi connectivity index (χ1) is 6.45. The molecule has 0 atom stereocenters. The molecule has 14 heavy (non-hydrogen) atoms. The topological polar surface area (TPSA) is 42.4 Å². The number of hydrogen-bond donors (Lipinski definition) is 1. The predicted octanol–water partition coefficient (Wildman–Crippen LogP) is 2.16. The van der Waals surface area contributed by atoms with Crippen LogP contribution in [0.25, 0.3) is 0 Å². The van der Waals surface area contributed by atoms with E-state index >= 15 is 0 Å². The summed E-state index contributed by atoms with van der Waals surface area (Å²) in [5.41, 5.74) is -0.399. The zero-order valence-corrected chi connectivity index (χ0v) is 9.52. The normalized spacial score (nSPS) is 22.9. The van der Waals surface area contributed by atoms with Gasteiger partial charge in [-0.15, -0.1) is 0 Å². The highest BCUT2D eigenvalue weighted by Crippen LogP contribution is 2.54. The molecule has 0 aromatic carbocycles. The van der Waals surface area contributed by atoms with Crippen LogP contribution >= 0.6 is 11.5 Å². The van der Waals surface area contributed by atoms with E-state index in [0.717, 1.165) is 17.7 Å². The summed E-state index contributed by atoms with van der Waals surface area (Å²) in [5.74, 6) is 0.600. The Morgan fingerprint density at radius 3 is 2.57 bits per heavy atom. The van der Waals surface area contributed by atoms with E-state index < -0.39 is 5.60 Å². The maximum atomic E-state index is 10.2. The van der Waals surface area contributed by atoms with Gasteiger partial charge in [-0.25, -0.2) is 0 Å². The van der Waals surface area contributed by atoms with Gasteiger partial charge in [0, 0.05) is 6.07 Å². The Kier molecular flexibility index (Phi) is 2.08. The lowest BCUT2D eigenvalue weighted by Gasteiger charge is -2.48. The van der Waals surface area contributed by atoms with Crippen LogP contribution in [0.2, 0.25) is 0 Å². The lowest BCUT2D eigenvalue weighted by atomic mass is 9.61. The molecular weight excluding hydrogens is 198 g/mol. The van der Waals surface area contributed by atoms with Crippen LogP contribution in [0, 0.1) is 5.41 Å². The van der Waals surface area contributed by atoms with E-state index in [9.17, 15) is 5.11 Å². The molecule has 1 heterocycles. The fraction of sp³-hybridized carbons (Fsp3) is 0.700. The van der Waals surface area contributed by atoms with Crippen LogP contribution in [-0.2, 0) is 5.60 Å². The van der Waals surface area contributed by atoms with E-state index in [0.29, 0.717) is 5.88 Å². The smallest absolute Gasteiger partial charge is 0.225 e. The van der Waals surface area contributed by atoms with Gasteiger partial charge in [-0.1, -0.05) is 13.8 Å². The van der Waals surface area contributed by atoms with Gasteiger partial charge >= 0.3 is 0 Å². The third kappa shape index (κ3) is 1.53. The standard InChI is InChI=1S/C10H15NO2S/c1-9(2)5-10(12,6-9)7-4-8(13-3)11-14-7/h4,12H,5-6H2,1-3H3. The minimum Gasteiger partial charge on any atom is -0.480 e. The first kappa shape index (κ1) is 9.93. The van der Waals surface area contributed by atoms with E-state index in [1.54, 1.807) is 7.11 Å². The summed E-state index contributed by atoms with van der Waals surface area (Å²) in [5, 5.41) is 10.2. The Balaban J connectivity index is 2.16. The van der Waals surface area contributed by atoms with E-state index in [1.807, 2.05) is 6.07 Å². The number of hydrogen-bond acceptors (Lipinski definition) is 4. The van der Waals surface area contributed by atoms with Crippen molar-refractivity contribution in [1.82, 2.24) is 4.37 Å². The van der Waals surface area contributed by atoms with Crippen LogP contribution in [0.5, 0.6) is 5.88 Å². The van der Waals surface area contributed by atoms with Crippen LogP contribution in [-0.4, -0.2) is 16.6 Å². The van der Waals surface area contributed by atoms with Crippen molar-refractivity contribution in [2.24, 2.45) is 5.41 Å². The largest absolute Gasteiger partial charge is 0.480 e. The van der Waals surface area contributed by atoms with Gasteiger partial charge in [-0.05, 0) is 29.8 Å². The maximum Gasteiger partial charge on any atom is 0.225 e. The van der Waals surface area contributed by atoms with Gasteiger partial charge in [0.25, 0.3) is 0 Å². The third-order valence-electron chi connectivity index (χ3n) is 2.70. The lowest BCUT2D eigenvalue weighted by Crippen LogP contribution is -2.45. The molecule has 1 saturated carbocycles. The summed E-state index contributed by atoms with van der Waals surface area (Å²) in [6.07, 6.45) is 1.62. The average molecular weight is 213 g/mol. The molecule has 0 aliphatic heterocycles. The van der Waals surface area contributed by atoms with Crippen molar-refractivity contribution in [1.29, 1.82) is 0 Å². The molecule has 0 saturated heterocycles. The Bertz CT molecular complexity index is 338. The summed E-state index contributed by atoms with van der Waals surface area (Å²) >= 11 is 1.33. The van der Waals surface area contributed by atoms with E-state index in [2.05, 4.69) is 18.2 Å². The highest BCUT2D eigenvalue weighted by atomic mass is 32.1. The highest BCUT2D eigenvalue weighted by molar-refractivity contribution is 7.06. The molecule has 0 radical (unpaired) electrons. The monoisotopic (exact) mass is 213 g/mol. The summed E-state index contributed by atoms with van der Waals surface area (Å²) in [4.78, 5) is 0.925. The molecule has 1 aromatic rings. The first-order valence-electron chi connectivity index (χ1n) is 4.69. The van der Waals surface area contributed by atoms with E-state index in [4.69, 9.17) is 4.74 Å². The summed E-state index contributed by atoms with van der Waals surface area (Å²) < 4.78 is 9.09. The van der Waals surface area contributed by atoms with Crippen LogP contribution in [0.15, 0.2) is 6.07 Å². The Morgan fingerprint density at radius 2 is 2.14 bits per heavy atom. The Hall–Kier alpha value is -0.610. The van der Waals surface area contributed by atoms with Crippen molar-refractivity contribution < 1.29 is 9.84 Å². The summed E-state index contributed by atoms with van der Waals surface area (Å²) in [6.45, 7) is 4.33. The molecule has 78 valence electrons. The molecular formula is C10H15NO2S. The molecule has 1 aliphatic carbocycles. The van der Waals surface area contributed by atoms with Crippen LogP contribution in [0.3, 0.4) is 0 Å². The first-order valence-corrected chi connectivity index (χ1v) is 5.46. The second-order valence-corrected chi connectivity index (χ2v) is 5.59. The van der Waals surface area contributed by atoms with Crippen LogP contribution < -0.4 is 4.74 Å². The van der Waals surface area contributed by atoms with Gasteiger partial charge in [-0.2, -0.15) is 4.37 Å². The van der Waals surface area contributed by atoms with Crippen molar-refractivity contribution in [3.8, 4) is 5.88 Å². The number of aliphatic hydroxyl groups is 1. The van der Waals surface area contributed by atoms with Crippen molar-refractivity contribution in [2.75, 3.05) is 7.11 Å². The molecule has 1 N–H and O–H groups in total. The van der Waals surface area contributed by atoms with E-state index in [-0.39, 0.29) is 5.41 Å². The van der Waals surface area contributed by atoms with Crippen molar-refractivity contribution >= 4 is 11.5 Å². The number of rotatable bonds is 2. The molecule has 1 aliphatic rings. The quantitative estimate of drug-likeness (QED) is 0.818. The molecule has 4 heteroatoms. The minimum absolute atomic E-state index is 0.256. The molecule has 0 spiro atoms. The van der Waals surface area contributed by atoms with Crippen LogP contribution in [0.4, 0.5) is 0 Å². The molecule has 2 rings (SSSR count). The van der Waals surface area contributed by atoms with Gasteiger partial charge in [0.05, 0.1) is 12.0 Å². The van der Waals surface area contributed by atoms with Gasteiger partial charge in [0.1, 0.15) is 5.60 Å². The fourth-order valence-corrected chi connectivity index (χ4v) is 3.06. The predicted molar refractivity (Wildman–Crippen MR) is 55.6 cm³/mol. The number of nitrogens with zero attached hydrogens (tertiary/aromatic N) is 1. The van der Waals surface area contributed by atoms with Gasteiger partial charge < -0.3 is 9.84 Å². The molecule has 0 bridgehead atoms. The molecule has 1 fully saturated rings. The van der Waals surface area contributed by atoms with Gasteiger partial charge in [0.15, 0.2) is 0 Å². The minimum atomic E-state index is -0.655. The van der Waals surface area contributed by atoms with Crippen molar-refractivity contribution in [3.05, 3.63) is 10.9 Å². The Morgan fingerprint density at radius 1 is 1.50 bits per heavy atom. The number of aromatic nitrogens is 1. The third-order valence-corrected chi connectivity index (χ3v) is 3.66. The van der Waals surface area contributed by atoms with Crippen LogP contribution in [0.1, 0.15) is 31.6 Å². The fourth-order valence-electron chi connectivity index (χ4n) is 2.28. The lowest BCUT2D eigenvalue weighted by molar-refractivity contribution is -0.116. The molecule has 3 nitrogen and oxygen atoms in total. The second kappa shape index (κ2) is 2.94. The van der Waals surface area contributed by atoms with Crippen molar-refractivity contribution in [2.45, 2.75) is 32.3 Å². The van der Waals surface area contributed by atoms with Gasteiger partial charge in [0.2, 0.25) is 5.88 Å². The number of methoxy groups -OCH3 is 1. The zero-order valence-electron chi connectivity index (χ0n) is 8.70. The molecule has 0 unspecified atom stereocenters. The number of ether oxygens (including phenoxy) is 1. The summed E-state index contributed by atoms with van der Waals surface area (Å²) in [7, 11) is 1.59. The maximum absolute atomic E-state index is 10.2. The van der Waals surface area contributed by atoms with Crippen molar-refractivity contribution in [3.63, 3.8) is 0 Å². The summed E-state index contributed by atoms with van der Waals surface area (Å²) in [6, 6.07) is 1.83. The van der Waals surface area contributed by atoms with E-state index in [1.165, 1.54) is 11.5 Å². The Labute approximate surface area is 87.9 Å². The zero-order chi connectivity index (χ0) is 10.4. The molecule has 0 amide bonds.